The summed E-state index contributed by atoms with van der Waals surface area (Å²) in [6.07, 6.45) is 3.58. The van der Waals surface area contributed by atoms with Gasteiger partial charge in [0, 0.05) is 35.1 Å². The molecule has 7 rings (SSSR count). The van der Waals surface area contributed by atoms with Gasteiger partial charge in [0.2, 0.25) is 0 Å². The lowest BCUT2D eigenvalue weighted by Gasteiger charge is -2.43. The minimum atomic E-state index is -4.36. The van der Waals surface area contributed by atoms with Gasteiger partial charge in [-0.3, -0.25) is 4.79 Å². The van der Waals surface area contributed by atoms with Gasteiger partial charge in [-0.15, -0.1) is 3.89 Å². The van der Waals surface area contributed by atoms with Gasteiger partial charge in [0.1, 0.15) is 22.5 Å². The third kappa shape index (κ3) is 4.17. The zero-order valence-electron chi connectivity index (χ0n) is 24.0. The van der Waals surface area contributed by atoms with E-state index in [0.717, 1.165) is 41.9 Å². The van der Waals surface area contributed by atoms with Gasteiger partial charge in [-0.1, -0.05) is 18.2 Å². The molecule has 0 aromatic heterocycles. The maximum absolute atomic E-state index is 14.8. The lowest BCUT2D eigenvalue weighted by Crippen LogP contribution is -2.67. The average molecular weight is 605 g/mol. The summed E-state index contributed by atoms with van der Waals surface area (Å²) in [7, 11) is -4.36. The quantitative estimate of drug-likeness (QED) is 0.409. The van der Waals surface area contributed by atoms with E-state index in [0.29, 0.717) is 50.2 Å². The number of amides is 2. The van der Waals surface area contributed by atoms with Crippen LogP contribution in [-0.4, -0.2) is 46.0 Å². The number of nitrogens with zero attached hydrogens (tertiary/aromatic N) is 1. The Balaban J connectivity index is 1.38. The van der Waals surface area contributed by atoms with E-state index >= 15 is 0 Å². The second-order valence-corrected chi connectivity index (χ2v) is 14.2. The topological polar surface area (TPSA) is 102 Å². The van der Waals surface area contributed by atoms with Crippen LogP contribution in [0.1, 0.15) is 66.6 Å². The number of para-hydroxylation sites is 1. The number of quaternary nitrogens is 1. The smallest absolute Gasteiger partial charge is 0.339 e. The van der Waals surface area contributed by atoms with Crippen LogP contribution in [-0.2, 0) is 20.2 Å². The molecule has 43 heavy (non-hydrogen) atoms. The van der Waals surface area contributed by atoms with Crippen molar-refractivity contribution in [2.24, 2.45) is 5.92 Å². The predicted molar refractivity (Wildman–Crippen MR) is 160 cm³/mol. The SMILES string of the molecule is CC(=O)[N+]1(S(=O)(=O)c2ccc(F)cc2)c2ccc(C(=O)NC3CCOc4ccccc43)cc2C2(CCNCC2)C1C1CC1. The summed E-state index contributed by atoms with van der Waals surface area (Å²) in [5.41, 5.74) is 1.89. The number of piperidine rings is 1. The number of carbonyl (C=O) groups excluding carboxylic acids is 2. The molecular weight excluding hydrogens is 569 g/mol. The molecule has 10 heteroatoms. The van der Waals surface area contributed by atoms with Crippen LogP contribution in [0.3, 0.4) is 0 Å². The van der Waals surface area contributed by atoms with E-state index in [1.54, 1.807) is 12.1 Å². The Bertz CT molecular complexity index is 1720. The van der Waals surface area contributed by atoms with E-state index in [2.05, 4.69) is 10.6 Å². The van der Waals surface area contributed by atoms with Gasteiger partial charge >= 0.3 is 15.9 Å². The summed E-state index contributed by atoms with van der Waals surface area (Å²) in [4.78, 5) is 27.7. The molecule has 2 fully saturated rings. The van der Waals surface area contributed by atoms with Crippen molar-refractivity contribution in [3.05, 3.63) is 89.2 Å². The molecule has 224 valence electrons. The van der Waals surface area contributed by atoms with Crippen molar-refractivity contribution in [2.45, 2.75) is 61.4 Å². The summed E-state index contributed by atoms with van der Waals surface area (Å²) in [6.45, 7) is 3.19. The first-order valence-electron chi connectivity index (χ1n) is 15.0. The number of halogens is 1. The number of sulfonamides is 1. The Kier molecular flexibility index (Phi) is 6.72. The molecule has 0 radical (unpaired) electrons. The highest BCUT2D eigenvalue weighted by Gasteiger charge is 2.73. The second kappa shape index (κ2) is 10.2. The third-order valence-electron chi connectivity index (χ3n) is 9.90. The Morgan fingerprint density at radius 3 is 2.42 bits per heavy atom. The lowest BCUT2D eigenvalue weighted by atomic mass is 9.68. The van der Waals surface area contributed by atoms with E-state index in [9.17, 15) is 22.4 Å². The van der Waals surface area contributed by atoms with Gasteiger partial charge in [-0.05, 0) is 81.2 Å². The molecule has 1 spiro atoms. The molecule has 8 nitrogen and oxygen atoms in total. The number of carbonyl (C=O) groups is 2. The first kappa shape index (κ1) is 28.2. The Morgan fingerprint density at radius 1 is 1.00 bits per heavy atom. The molecule has 4 aliphatic rings. The fraction of sp³-hybridized carbons (Fsp3) is 0.394. The number of hydrogen-bond acceptors (Lipinski definition) is 6. The molecule has 3 atom stereocenters. The molecule has 3 unspecified atom stereocenters. The van der Waals surface area contributed by atoms with Crippen molar-refractivity contribution in [3.63, 3.8) is 0 Å². The number of fused-ring (bicyclic) bond motifs is 3. The molecule has 2 amide bonds. The van der Waals surface area contributed by atoms with E-state index in [1.807, 2.05) is 30.3 Å². The van der Waals surface area contributed by atoms with Crippen molar-refractivity contribution in [1.29, 1.82) is 0 Å². The molecule has 3 aliphatic heterocycles. The maximum atomic E-state index is 14.8. The van der Waals surface area contributed by atoms with Gasteiger partial charge in [0.05, 0.1) is 25.0 Å². The number of ether oxygens (including phenoxy) is 1. The Hall–Kier alpha value is -3.60. The van der Waals surface area contributed by atoms with Crippen LogP contribution in [0.15, 0.2) is 71.6 Å². The van der Waals surface area contributed by atoms with Crippen LogP contribution in [0.5, 0.6) is 5.75 Å². The van der Waals surface area contributed by atoms with Crippen LogP contribution in [0.4, 0.5) is 10.1 Å². The Morgan fingerprint density at radius 2 is 1.72 bits per heavy atom. The van der Waals surface area contributed by atoms with Gasteiger partial charge in [-0.25, -0.2) is 9.18 Å². The molecule has 3 aromatic carbocycles. The molecule has 2 N–H and O–H groups in total. The first-order valence-corrected chi connectivity index (χ1v) is 16.4. The fourth-order valence-electron chi connectivity index (χ4n) is 7.94. The predicted octanol–water partition coefficient (Wildman–Crippen LogP) is 4.74. The molecule has 3 heterocycles. The number of nitrogens with one attached hydrogen (secondary N) is 2. The molecule has 1 saturated heterocycles. The summed E-state index contributed by atoms with van der Waals surface area (Å²) in [6, 6.07) is 16.8. The van der Waals surface area contributed by atoms with E-state index in [1.165, 1.54) is 19.1 Å². The minimum absolute atomic E-state index is 0.0284. The van der Waals surface area contributed by atoms with E-state index < -0.39 is 37.1 Å². The van der Waals surface area contributed by atoms with Crippen LogP contribution < -0.4 is 19.3 Å². The van der Waals surface area contributed by atoms with Crippen molar-refractivity contribution in [1.82, 2.24) is 14.5 Å². The fourth-order valence-corrected chi connectivity index (χ4v) is 10.2. The van der Waals surface area contributed by atoms with Crippen molar-refractivity contribution in [2.75, 3.05) is 19.7 Å². The van der Waals surface area contributed by atoms with Crippen LogP contribution in [0.25, 0.3) is 0 Å². The molecular formula is C33H35FN3O5S+. The van der Waals surface area contributed by atoms with Gasteiger partial charge in [0.25, 0.3) is 5.91 Å². The van der Waals surface area contributed by atoms with Gasteiger partial charge in [0.15, 0.2) is 5.69 Å². The summed E-state index contributed by atoms with van der Waals surface area (Å²) >= 11 is 0. The largest absolute Gasteiger partial charge is 0.493 e. The second-order valence-electron chi connectivity index (χ2n) is 12.2. The zero-order valence-corrected chi connectivity index (χ0v) is 24.8. The standard InChI is InChI=1S/C33H34FN3O5S/c1-21(38)37(43(40,41)25-11-9-24(34)10-12-25)29-13-8-23(32(39)36-28-14-19-42-30-5-3-2-4-26(28)30)20-27(29)33(15-17-35-18-16-33)31(37)22-6-7-22/h2-5,8-13,20,22,28,31,35H,6-7,14-19H2,1H3/p+1. The highest BCUT2D eigenvalue weighted by Crippen LogP contribution is 2.62. The minimum Gasteiger partial charge on any atom is -0.493 e. The molecule has 1 aliphatic carbocycles. The zero-order chi connectivity index (χ0) is 30.0. The summed E-state index contributed by atoms with van der Waals surface area (Å²) < 4.78 is 48.3. The molecule has 1 saturated carbocycles. The molecule has 3 aromatic rings. The van der Waals surface area contributed by atoms with Crippen molar-refractivity contribution in [3.8, 4) is 5.75 Å². The van der Waals surface area contributed by atoms with Crippen LogP contribution in [0.2, 0.25) is 0 Å². The van der Waals surface area contributed by atoms with E-state index in [4.69, 9.17) is 4.74 Å². The van der Waals surface area contributed by atoms with Crippen molar-refractivity contribution >= 4 is 27.5 Å². The normalized spacial score (nSPS) is 25.8. The maximum Gasteiger partial charge on any atom is 0.339 e. The van der Waals surface area contributed by atoms with E-state index in [-0.39, 0.29) is 22.8 Å². The molecule has 0 bridgehead atoms. The first-order chi connectivity index (χ1) is 20.7. The third-order valence-corrected chi connectivity index (χ3v) is 12.2. The van der Waals surface area contributed by atoms with Crippen LogP contribution >= 0.6 is 0 Å². The number of benzene rings is 3. The summed E-state index contributed by atoms with van der Waals surface area (Å²) in [5.74, 6) is -0.518. The van der Waals surface area contributed by atoms with Gasteiger partial charge < -0.3 is 15.4 Å². The van der Waals surface area contributed by atoms with Crippen LogP contribution in [0, 0.1) is 11.7 Å². The summed E-state index contributed by atoms with van der Waals surface area (Å²) in [5, 5.41) is 6.57. The van der Waals surface area contributed by atoms with Gasteiger partial charge in [-0.2, -0.15) is 8.42 Å². The highest BCUT2D eigenvalue weighted by atomic mass is 32.2. The van der Waals surface area contributed by atoms with Crippen molar-refractivity contribution < 1.29 is 27.1 Å². The average Bonchev–Trinajstić information content (AvgIpc) is 3.81. The lowest BCUT2D eigenvalue weighted by molar-refractivity contribution is -0.126. The highest BCUT2D eigenvalue weighted by molar-refractivity contribution is 7.91. The number of hydrogen-bond donors (Lipinski definition) is 2. The Labute approximate surface area is 250 Å². The number of rotatable bonds is 5. The monoisotopic (exact) mass is 604 g/mol.